The fraction of sp³-hybridized carbons (Fsp3) is 0.538. The second-order valence-corrected chi connectivity index (χ2v) is 11.5. The van der Waals surface area contributed by atoms with E-state index in [-0.39, 0.29) is 5.04 Å². The molecule has 17 heavy (non-hydrogen) atoms. The SMILES string of the molecule is CC(C)(C)[Si](C)(C)Oc1cc(Br)ccc1CN. The lowest BCUT2D eigenvalue weighted by Gasteiger charge is -2.37. The van der Waals surface area contributed by atoms with E-state index in [9.17, 15) is 0 Å². The van der Waals surface area contributed by atoms with E-state index in [0.717, 1.165) is 15.8 Å². The average Bonchev–Trinajstić information content (AvgIpc) is 2.15. The number of nitrogens with two attached hydrogens (primary N) is 1. The molecule has 0 saturated carbocycles. The first-order valence-electron chi connectivity index (χ1n) is 5.85. The highest BCUT2D eigenvalue weighted by Crippen LogP contribution is 2.38. The molecule has 0 unspecified atom stereocenters. The topological polar surface area (TPSA) is 35.2 Å². The van der Waals surface area contributed by atoms with Gasteiger partial charge in [-0.1, -0.05) is 42.8 Å². The summed E-state index contributed by atoms with van der Waals surface area (Å²) in [6, 6.07) is 6.04. The molecule has 0 radical (unpaired) electrons. The van der Waals surface area contributed by atoms with Gasteiger partial charge in [0.2, 0.25) is 8.32 Å². The summed E-state index contributed by atoms with van der Waals surface area (Å²) in [7, 11) is -1.79. The fourth-order valence-corrected chi connectivity index (χ4v) is 2.61. The molecule has 0 amide bonds. The largest absolute Gasteiger partial charge is 0.543 e. The molecule has 96 valence electrons. The minimum Gasteiger partial charge on any atom is -0.543 e. The van der Waals surface area contributed by atoms with E-state index in [1.54, 1.807) is 0 Å². The molecule has 0 aliphatic heterocycles. The molecule has 1 rings (SSSR count). The summed E-state index contributed by atoms with van der Waals surface area (Å²) >= 11 is 3.48. The van der Waals surface area contributed by atoms with Gasteiger partial charge in [-0.3, -0.25) is 0 Å². The predicted octanol–water partition coefficient (Wildman–Crippen LogP) is 4.29. The summed E-state index contributed by atoms with van der Waals surface area (Å²) in [5, 5.41) is 0.196. The Bertz CT molecular complexity index is 399. The quantitative estimate of drug-likeness (QED) is 0.844. The third-order valence-electron chi connectivity index (χ3n) is 3.42. The summed E-state index contributed by atoms with van der Waals surface area (Å²) in [6.45, 7) is 11.7. The van der Waals surface area contributed by atoms with E-state index < -0.39 is 8.32 Å². The highest BCUT2D eigenvalue weighted by molar-refractivity contribution is 9.10. The molecule has 0 aliphatic rings. The summed E-state index contributed by atoms with van der Waals surface area (Å²) in [4.78, 5) is 0. The van der Waals surface area contributed by atoms with Crippen LogP contribution in [0.3, 0.4) is 0 Å². The second kappa shape index (κ2) is 5.12. The summed E-state index contributed by atoms with van der Waals surface area (Å²) in [5.41, 5.74) is 6.82. The molecule has 0 bridgehead atoms. The molecule has 4 heteroatoms. The van der Waals surface area contributed by atoms with Crippen molar-refractivity contribution in [3.8, 4) is 5.75 Å². The van der Waals surface area contributed by atoms with Gasteiger partial charge in [-0.15, -0.1) is 0 Å². The zero-order valence-electron chi connectivity index (χ0n) is 11.3. The van der Waals surface area contributed by atoms with E-state index in [0.29, 0.717) is 6.54 Å². The van der Waals surface area contributed by atoms with Crippen molar-refractivity contribution < 1.29 is 4.43 Å². The second-order valence-electron chi connectivity index (χ2n) is 5.82. The highest BCUT2D eigenvalue weighted by Gasteiger charge is 2.39. The molecule has 2 N–H and O–H groups in total. The first kappa shape index (κ1) is 14.7. The van der Waals surface area contributed by atoms with Crippen molar-refractivity contribution in [1.82, 2.24) is 0 Å². The zero-order chi connectivity index (χ0) is 13.3. The van der Waals surface area contributed by atoms with Crippen molar-refractivity contribution in [3.63, 3.8) is 0 Å². The van der Waals surface area contributed by atoms with Crippen LogP contribution in [0, 0.1) is 0 Å². The first-order valence-corrected chi connectivity index (χ1v) is 9.55. The fourth-order valence-electron chi connectivity index (χ4n) is 1.22. The monoisotopic (exact) mass is 315 g/mol. The van der Waals surface area contributed by atoms with Crippen molar-refractivity contribution in [2.45, 2.75) is 45.4 Å². The normalized spacial score (nSPS) is 12.6. The minimum absolute atomic E-state index is 0.196. The molecule has 0 heterocycles. The summed E-state index contributed by atoms with van der Waals surface area (Å²) in [6.07, 6.45) is 0. The van der Waals surface area contributed by atoms with E-state index in [1.807, 2.05) is 18.2 Å². The number of hydrogen-bond acceptors (Lipinski definition) is 2. The van der Waals surface area contributed by atoms with Crippen LogP contribution in [0.4, 0.5) is 0 Å². The highest BCUT2D eigenvalue weighted by atomic mass is 79.9. The molecular formula is C13H22BrNOSi. The molecule has 1 aromatic rings. The summed E-state index contributed by atoms with van der Waals surface area (Å²) in [5.74, 6) is 0.925. The molecule has 1 aromatic carbocycles. The third kappa shape index (κ3) is 3.57. The van der Waals surface area contributed by atoms with Crippen LogP contribution in [0.2, 0.25) is 18.1 Å². The molecule has 0 atom stereocenters. The van der Waals surface area contributed by atoms with Crippen LogP contribution in [-0.2, 0) is 6.54 Å². The van der Waals surface area contributed by atoms with Crippen molar-refractivity contribution in [1.29, 1.82) is 0 Å². The van der Waals surface area contributed by atoms with E-state index in [4.69, 9.17) is 10.2 Å². The van der Waals surface area contributed by atoms with Crippen LogP contribution in [0.25, 0.3) is 0 Å². The van der Waals surface area contributed by atoms with Crippen LogP contribution in [0.5, 0.6) is 5.75 Å². The van der Waals surface area contributed by atoms with Crippen LogP contribution >= 0.6 is 15.9 Å². The minimum atomic E-state index is -1.79. The van der Waals surface area contributed by atoms with Gasteiger partial charge in [-0.2, -0.15) is 0 Å². The number of halogens is 1. The third-order valence-corrected chi connectivity index (χ3v) is 8.26. The Morgan fingerprint density at radius 3 is 2.35 bits per heavy atom. The van der Waals surface area contributed by atoms with Gasteiger partial charge in [-0.25, -0.2) is 0 Å². The molecule has 2 nitrogen and oxygen atoms in total. The van der Waals surface area contributed by atoms with Gasteiger partial charge in [0.05, 0.1) is 0 Å². The maximum Gasteiger partial charge on any atom is 0.250 e. The van der Waals surface area contributed by atoms with Gasteiger partial charge in [0.15, 0.2) is 0 Å². The van der Waals surface area contributed by atoms with Gasteiger partial charge < -0.3 is 10.2 Å². The molecule has 0 saturated heterocycles. The first-order chi connectivity index (χ1) is 7.67. The summed E-state index contributed by atoms with van der Waals surface area (Å²) < 4.78 is 7.33. The van der Waals surface area contributed by atoms with E-state index >= 15 is 0 Å². The van der Waals surface area contributed by atoms with Gasteiger partial charge >= 0.3 is 0 Å². The average molecular weight is 316 g/mol. The van der Waals surface area contributed by atoms with Crippen LogP contribution in [0.15, 0.2) is 22.7 Å². The Kier molecular flexibility index (Phi) is 4.44. The van der Waals surface area contributed by atoms with Gasteiger partial charge in [0.25, 0.3) is 0 Å². The Hall–Kier alpha value is -0.323. The maximum absolute atomic E-state index is 6.30. The lowest BCUT2D eigenvalue weighted by Crippen LogP contribution is -2.44. The molecule has 0 fully saturated rings. The Balaban J connectivity index is 3.06. The van der Waals surface area contributed by atoms with Crippen molar-refractivity contribution in [3.05, 3.63) is 28.2 Å². The Morgan fingerprint density at radius 2 is 1.88 bits per heavy atom. The Labute approximate surface area is 114 Å². The molecular weight excluding hydrogens is 294 g/mol. The standard InChI is InChI=1S/C13H22BrNOSi/c1-13(2,3)17(4,5)16-12-8-11(14)7-6-10(12)9-15/h6-8H,9,15H2,1-5H3. The van der Waals surface area contributed by atoms with E-state index in [1.165, 1.54) is 0 Å². The smallest absolute Gasteiger partial charge is 0.250 e. The van der Waals surface area contributed by atoms with Gasteiger partial charge in [-0.05, 0) is 30.3 Å². The van der Waals surface area contributed by atoms with Crippen LogP contribution in [0.1, 0.15) is 26.3 Å². The van der Waals surface area contributed by atoms with E-state index in [2.05, 4.69) is 49.8 Å². The Morgan fingerprint density at radius 1 is 1.29 bits per heavy atom. The molecule has 0 spiro atoms. The number of benzene rings is 1. The zero-order valence-corrected chi connectivity index (χ0v) is 13.9. The lowest BCUT2D eigenvalue weighted by atomic mass is 10.2. The predicted molar refractivity (Wildman–Crippen MR) is 79.9 cm³/mol. The lowest BCUT2D eigenvalue weighted by molar-refractivity contribution is 0.487. The van der Waals surface area contributed by atoms with Crippen molar-refractivity contribution in [2.24, 2.45) is 5.73 Å². The van der Waals surface area contributed by atoms with Crippen LogP contribution < -0.4 is 10.2 Å². The number of hydrogen-bond donors (Lipinski definition) is 1. The van der Waals surface area contributed by atoms with Gasteiger partial charge in [0, 0.05) is 16.6 Å². The van der Waals surface area contributed by atoms with Crippen LogP contribution in [-0.4, -0.2) is 8.32 Å². The molecule has 0 aromatic heterocycles. The molecule has 0 aliphatic carbocycles. The van der Waals surface area contributed by atoms with Crippen molar-refractivity contribution >= 4 is 24.2 Å². The van der Waals surface area contributed by atoms with Crippen molar-refractivity contribution in [2.75, 3.05) is 0 Å². The van der Waals surface area contributed by atoms with Gasteiger partial charge in [0.1, 0.15) is 5.75 Å². The maximum atomic E-state index is 6.30. The number of rotatable bonds is 3.